The predicted octanol–water partition coefficient (Wildman–Crippen LogP) is 3.06. The maximum Gasteiger partial charge on any atom is 0.347 e. The molecule has 0 atom stereocenters. The van der Waals surface area contributed by atoms with E-state index in [9.17, 15) is 4.79 Å². The normalized spacial score (nSPS) is 11.8. The minimum atomic E-state index is -0.899. The lowest BCUT2D eigenvalue weighted by molar-refractivity contribution is 0.0206. The molecule has 0 amide bonds. The van der Waals surface area contributed by atoms with Crippen LogP contribution >= 0.6 is 23.1 Å². The number of hydrogen-bond donors (Lipinski definition) is 1. The Kier molecular flexibility index (Phi) is 4.97. The first-order valence-corrected chi connectivity index (χ1v) is 7.04. The van der Waals surface area contributed by atoms with Crippen molar-refractivity contribution in [2.45, 2.75) is 37.1 Å². The maximum absolute atomic E-state index is 10.9. The summed E-state index contributed by atoms with van der Waals surface area (Å²) in [5, 5.41) is 8.91. The lowest BCUT2D eigenvalue weighted by Gasteiger charge is -2.21. The number of carboxylic acid groups (broad SMARTS) is 1. The fourth-order valence-electron chi connectivity index (χ4n) is 1.12. The number of nitrogens with zero attached hydrogens (tertiary/aromatic N) is 1. The number of thioether (sulfide) groups is 1. The van der Waals surface area contributed by atoms with Crippen LogP contribution in [0, 0.1) is 6.92 Å². The summed E-state index contributed by atoms with van der Waals surface area (Å²) in [6.45, 7) is 5.79. The van der Waals surface area contributed by atoms with Gasteiger partial charge < -0.3 is 9.84 Å². The van der Waals surface area contributed by atoms with Crippen LogP contribution in [0.5, 0.6) is 0 Å². The SMILES string of the molecule is COC(C)(C)CCSc1nc(C)c(C(=O)O)s1. The van der Waals surface area contributed by atoms with Crippen LogP contribution in [0.3, 0.4) is 0 Å². The van der Waals surface area contributed by atoms with Gasteiger partial charge in [-0.3, -0.25) is 0 Å². The number of aryl methyl sites for hydroxylation is 1. The van der Waals surface area contributed by atoms with Crippen molar-refractivity contribution in [3.8, 4) is 0 Å². The molecule has 0 saturated heterocycles. The first kappa shape index (κ1) is 14.5. The lowest BCUT2D eigenvalue weighted by Crippen LogP contribution is -2.22. The van der Waals surface area contributed by atoms with Crippen molar-refractivity contribution in [2.24, 2.45) is 0 Å². The van der Waals surface area contributed by atoms with E-state index < -0.39 is 5.97 Å². The summed E-state index contributed by atoms with van der Waals surface area (Å²) in [5.41, 5.74) is 0.450. The molecule has 1 aromatic rings. The number of hydrogen-bond acceptors (Lipinski definition) is 5. The Morgan fingerprint density at radius 1 is 1.59 bits per heavy atom. The molecule has 96 valence electrons. The Balaban J connectivity index is 2.53. The van der Waals surface area contributed by atoms with Crippen LogP contribution in [0.1, 0.15) is 35.6 Å². The minimum absolute atomic E-state index is 0.144. The fraction of sp³-hybridized carbons (Fsp3) is 0.636. The van der Waals surface area contributed by atoms with Crippen molar-refractivity contribution in [1.82, 2.24) is 4.98 Å². The van der Waals surface area contributed by atoms with Gasteiger partial charge in [0.1, 0.15) is 4.88 Å². The summed E-state index contributed by atoms with van der Waals surface area (Å²) >= 11 is 2.82. The second-order valence-electron chi connectivity index (χ2n) is 4.26. The average molecular weight is 275 g/mol. The van der Waals surface area contributed by atoms with Gasteiger partial charge in [-0.1, -0.05) is 11.8 Å². The van der Waals surface area contributed by atoms with Gasteiger partial charge in [-0.25, -0.2) is 9.78 Å². The highest BCUT2D eigenvalue weighted by Crippen LogP contribution is 2.29. The average Bonchev–Trinajstić information content (AvgIpc) is 2.59. The van der Waals surface area contributed by atoms with E-state index >= 15 is 0 Å². The molecule has 1 heterocycles. The Morgan fingerprint density at radius 2 is 2.24 bits per heavy atom. The highest BCUT2D eigenvalue weighted by Gasteiger charge is 2.18. The summed E-state index contributed by atoms with van der Waals surface area (Å²) in [6, 6.07) is 0. The van der Waals surface area contributed by atoms with Gasteiger partial charge in [-0.2, -0.15) is 0 Å². The highest BCUT2D eigenvalue weighted by atomic mass is 32.2. The van der Waals surface area contributed by atoms with E-state index in [0.29, 0.717) is 10.6 Å². The Morgan fingerprint density at radius 3 is 2.71 bits per heavy atom. The van der Waals surface area contributed by atoms with Crippen molar-refractivity contribution in [2.75, 3.05) is 12.9 Å². The van der Waals surface area contributed by atoms with Gasteiger partial charge in [0.15, 0.2) is 4.34 Å². The van der Waals surface area contributed by atoms with Crippen LogP contribution in [0.15, 0.2) is 4.34 Å². The van der Waals surface area contributed by atoms with E-state index in [1.165, 1.54) is 11.3 Å². The molecule has 0 saturated carbocycles. The summed E-state index contributed by atoms with van der Waals surface area (Å²) in [6.07, 6.45) is 0.898. The smallest absolute Gasteiger partial charge is 0.347 e. The Hall–Kier alpha value is -0.590. The number of ether oxygens (including phenoxy) is 1. The zero-order chi connectivity index (χ0) is 13.1. The van der Waals surface area contributed by atoms with Crippen molar-refractivity contribution in [3.63, 3.8) is 0 Å². The third kappa shape index (κ3) is 4.29. The predicted molar refractivity (Wildman–Crippen MR) is 70.2 cm³/mol. The lowest BCUT2D eigenvalue weighted by atomic mass is 10.1. The molecule has 0 aliphatic rings. The Bertz CT molecular complexity index is 401. The van der Waals surface area contributed by atoms with E-state index in [2.05, 4.69) is 4.98 Å². The third-order valence-electron chi connectivity index (χ3n) is 2.45. The molecule has 0 spiro atoms. The summed E-state index contributed by atoms with van der Waals surface area (Å²) in [7, 11) is 1.70. The van der Waals surface area contributed by atoms with Crippen molar-refractivity contribution >= 4 is 29.1 Å². The molecule has 1 rings (SSSR count). The van der Waals surface area contributed by atoms with E-state index in [1.54, 1.807) is 25.8 Å². The molecule has 0 radical (unpaired) electrons. The molecular weight excluding hydrogens is 258 g/mol. The molecule has 0 aliphatic heterocycles. The minimum Gasteiger partial charge on any atom is -0.477 e. The van der Waals surface area contributed by atoms with Gasteiger partial charge in [0.2, 0.25) is 0 Å². The second-order valence-corrected chi connectivity index (χ2v) is 6.60. The zero-order valence-electron chi connectivity index (χ0n) is 10.4. The summed E-state index contributed by atoms with van der Waals surface area (Å²) < 4.78 is 6.13. The van der Waals surface area contributed by atoms with E-state index in [0.717, 1.165) is 16.5 Å². The van der Waals surface area contributed by atoms with Crippen LogP contribution in [-0.4, -0.2) is 34.5 Å². The molecule has 0 unspecified atom stereocenters. The molecule has 17 heavy (non-hydrogen) atoms. The molecule has 0 fully saturated rings. The summed E-state index contributed by atoms with van der Waals surface area (Å²) in [5.74, 6) is -0.0311. The molecular formula is C11H17NO3S2. The largest absolute Gasteiger partial charge is 0.477 e. The Labute approximate surface area is 109 Å². The van der Waals surface area contributed by atoms with E-state index in [4.69, 9.17) is 9.84 Å². The first-order valence-electron chi connectivity index (χ1n) is 5.24. The van der Waals surface area contributed by atoms with Crippen LogP contribution in [0.25, 0.3) is 0 Å². The van der Waals surface area contributed by atoms with Crippen molar-refractivity contribution in [1.29, 1.82) is 0 Å². The number of thiazole rings is 1. The number of carbonyl (C=O) groups is 1. The van der Waals surface area contributed by atoms with Crippen LogP contribution in [0.2, 0.25) is 0 Å². The fourth-order valence-corrected chi connectivity index (χ4v) is 3.46. The third-order valence-corrected chi connectivity index (χ3v) is 4.74. The molecule has 6 heteroatoms. The second kappa shape index (κ2) is 5.84. The van der Waals surface area contributed by atoms with Gasteiger partial charge in [0, 0.05) is 12.9 Å². The molecule has 0 aromatic carbocycles. The summed E-state index contributed by atoms with van der Waals surface area (Å²) in [4.78, 5) is 15.4. The van der Waals surface area contributed by atoms with Crippen LogP contribution in [-0.2, 0) is 4.74 Å². The molecule has 0 aliphatic carbocycles. The number of methoxy groups -OCH3 is 1. The standard InChI is InChI=1S/C11H17NO3S2/c1-7-8(9(13)14)17-10(12-7)16-6-5-11(2,3)15-4/h5-6H2,1-4H3,(H,13,14). The zero-order valence-corrected chi connectivity index (χ0v) is 12.1. The number of aromatic carboxylic acids is 1. The maximum atomic E-state index is 10.9. The van der Waals surface area contributed by atoms with Gasteiger partial charge in [0.05, 0.1) is 11.3 Å². The van der Waals surface area contributed by atoms with Crippen LogP contribution < -0.4 is 0 Å². The topological polar surface area (TPSA) is 59.4 Å². The molecule has 1 N–H and O–H groups in total. The first-order chi connectivity index (χ1) is 7.85. The quantitative estimate of drug-likeness (QED) is 0.809. The number of aromatic nitrogens is 1. The number of carboxylic acids is 1. The molecule has 4 nitrogen and oxygen atoms in total. The van der Waals surface area contributed by atoms with Gasteiger partial charge in [-0.05, 0) is 27.2 Å². The van der Waals surface area contributed by atoms with Gasteiger partial charge >= 0.3 is 5.97 Å². The van der Waals surface area contributed by atoms with Gasteiger partial charge in [-0.15, -0.1) is 11.3 Å². The van der Waals surface area contributed by atoms with E-state index in [-0.39, 0.29) is 5.60 Å². The highest BCUT2D eigenvalue weighted by molar-refractivity contribution is 8.01. The van der Waals surface area contributed by atoms with E-state index in [1.807, 2.05) is 13.8 Å². The van der Waals surface area contributed by atoms with Gasteiger partial charge in [0.25, 0.3) is 0 Å². The number of rotatable bonds is 6. The monoisotopic (exact) mass is 275 g/mol. The molecule has 0 bridgehead atoms. The van der Waals surface area contributed by atoms with Crippen molar-refractivity contribution in [3.05, 3.63) is 10.6 Å². The van der Waals surface area contributed by atoms with Crippen molar-refractivity contribution < 1.29 is 14.6 Å². The molecule has 1 aromatic heterocycles. The van der Waals surface area contributed by atoms with Crippen LogP contribution in [0.4, 0.5) is 0 Å².